The Bertz CT molecular complexity index is 424. The van der Waals surface area contributed by atoms with Crippen LogP contribution in [0.15, 0.2) is 24.3 Å². The van der Waals surface area contributed by atoms with Crippen LogP contribution in [0.3, 0.4) is 0 Å². The fraction of sp³-hybridized carbons (Fsp3) is 0.500. The lowest BCUT2D eigenvalue weighted by Crippen LogP contribution is -2.30. The number of rotatable bonds is 3. The normalized spacial score (nSPS) is 24.4. The van der Waals surface area contributed by atoms with E-state index in [0.29, 0.717) is 17.7 Å². The van der Waals surface area contributed by atoms with Crippen molar-refractivity contribution in [1.29, 1.82) is 0 Å². The molecule has 1 atom stereocenters. The van der Waals surface area contributed by atoms with Crippen LogP contribution in [0.25, 0.3) is 0 Å². The molecule has 0 unspecified atom stereocenters. The summed E-state index contributed by atoms with van der Waals surface area (Å²) in [5, 5.41) is 0.265. The van der Waals surface area contributed by atoms with E-state index >= 15 is 0 Å². The number of carbonyl (C=O) groups is 1. The standard InChI is InChI=1S/C14H17NOS/c1-2-10-3-5-11(6-4-10)14-15(12-7-8-12)13(16)9-17-14/h3-6,12,14H,2,7-9H2,1H3/t14-/m1/s1. The Hall–Kier alpha value is -0.960. The molecule has 17 heavy (non-hydrogen) atoms. The van der Waals surface area contributed by atoms with Gasteiger partial charge in [-0.1, -0.05) is 31.2 Å². The number of carbonyl (C=O) groups excluding carboxylic acids is 1. The maximum Gasteiger partial charge on any atom is 0.234 e. The van der Waals surface area contributed by atoms with Gasteiger partial charge in [0.2, 0.25) is 5.91 Å². The summed E-state index contributed by atoms with van der Waals surface area (Å²) in [6, 6.07) is 9.26. The molecule has 0 N–H and O–H groups in total. The number of hydrogen-bond acceptors (Lipinski definition) is 2. The minimum absolute atomic E-state index is 0.265. The number of benzene rings is 1. The molecular weight excluding hydrogens is 230 g/mol. The van der Waals surface area contributed by atoms with Crippen molar-refractivity contribution in [2.24, 2.45) is 0 Å². The van der Waals surface area contributed by atoms with E-state index in [1.54, 1.807) is 11.8 Å². The third kappa shape index (κ3) is 2.08. The predicted molar refractivity (Wildman–Crippen MR) is 70.9 cm³/mol. The minimum Gasteiger partial charge on any atom is -0.323 e. The number of thioether (sulfide) groups is 1. The van der Waals surface area contributed by atoms with Gasteiger partial charge >= 0.3 is 0 Å². The first-order valence-corrected chi connectivity index (χ1v) is 7.36. The van der Waals surface area contributed by atoms with Crippen molar-refractivity contribution in [3.63, 3.8) is 0 Å². The fourth-order valence-corrected chi connectivity index (χ4v) is 3.61. The molecular formula is C14H17NOS. The summed E-state index contributed by atoms with van der Waals surface area (Å²) in [7, 11) is 0. The highest BCUT2D eigenvalue weighted by molar-refractivity contribution is 8.00. The summed E-state index contributed by atoms with van der Waals surface area (Å²) in [5.74, 6) is 0.971. The second-order valence-corrected chi connectivity index (χ2v) is 5.86. The zero-order valence-electron chi connectivity index (χ0n) is 10.1. The van der Waals surface area contributed by atoms with E-state index in [4.69, 9.17) is 0 Å². The zero-order chi connectivity index (χ0) is 11.8. The van der Waals surface area contributed by atoms with Crippen LogP contribution < -0.4 is 0 Å². The lowest BCUT2D eigenvalue weighted by molar-refractivity contribution is -0.128. The largest absolute Gasteiger partial charge is 0.323 e. The molecule has 90 valence electrons. The molecule has 0 spiro atoms. The minimum atomic E-state index is 0.265. The van der Waals surface area contributed by atoms with E-state index < -0.39 is 0 Å². The fourth-order valence-electron chi connectivity index (χ4n) is 2.36. The lowest BCUT2D eigenvalue weighted by atomic mass is 10.1. The highest BCUT2D eigenvalue weighted by atomic mass is 32.2. The maximum atomic E-state index is 11.9. The average molecular weight is 247 g/mol. The van der Waals surface area contributed by atoms with E-state index in [1.807, 2.05) is 0 Å². The molecule has 1 aromatic carbocycles. The molecule has 1 aliphatic heterocycles. The van der Waals surface area contributed by atoms with E-state index in [9.17, 15) is 4.79 Å². The van der Waals surface area contributed by atoms with Gasteiger partial charge in [0, 0.05) is 6.04 Å². The van der Waals surface area contributed by atoms with Crippen molar-refractivity contribution in [2.45, 2.75) is 37.6 Å². The van der Waals surface area contributed by atoms with Crippen LogP contribution in [0.4, 0.5) is 0 Å². The highest BCUT2D eigenvalue weighted by Gasteiger charge is 2.42. The topological polar surface area (TPSA) is 20.3 Å². The first-order chi connectivity index (χ1) is 8.29. The lowest BCUT2D eigenvalue weighted by Gasteiger charge is -2.24. The molecule has 1 saturated heterocycles. The first kappa shape index (κ1) is 11.1. The Morgan fingerprint density at radius 2 is 2.00 bits per heavy atom. The van der Waals surface area contributed by atoms with Crippen molar-refractivity contribution >= 4 is 17.7 Å². The summed E-state index contributed by atoms with van der Waals surface area (Å²) in [6.07, 6.45) is 3.45. The van der Waals surface area contributed by atoms with Crippen molar-refractivity contribution in [1.82, 2.24) is 4.90 Å². The molecule has 1 amide bonds. The summed E-state index contributed by atoms with van der Waals surface area (Å²) < 4.78 is 0. The Labute approximate surface area is 106 Å². The SMILES string of the molecule is CCc1ccc([C@H]2SCC(=O)N2C2CC2)cc1. The van der Waals surface area contributed by atoms with Gasteiger partial charge in [-0.25, -0.2) is 0 Å². The van der Waals surface area contributed by atoms with Crippen molar-refractivity contribution in [3.8, 4) is 0 Å². The number of amides is 1. The van der Waals surface area contributed by atoms with Crippen LogP contribution in [0.1, 0.15) is 36.3 Å². The number of hydrogen-bond donors (Lipinski definition) is 0. The molecule has 2 fully saturated rings. The highest BCUT2D eigenvalue weighted by Crippen LogP contribution is 2.45. The second-order valence-electron chi connectivity index (χ2n) is 4.79. The van der Waals surface area contributed by atoms with Gasteiger partial charge in [-0.2, -0.15) is 0 Å². The zero-order valence-corrected chi connectivity index (χ0v) is 10.9. The summed E-state index contributed by atoms with van der Waals surface area (Å²) >= 11 is 1.77. The quantitative estimate of drug-likeness (QED) is 0.818. The average Bonchev–Trinajstić information content (AvgIpc) is 3.13. The van der Waals surface area contributed by atoms with Gasteiger partial charge in [-0.05, 0) is 30.4 Å². The van der Waals surface area contributed by atoms with Crippen LogP contribution in [0, 0.1) is 0 Å². The van der Waals surface area contributed by atoms with Gasteiger partial charge in [-0.3, -0.25) is 4.79 Å². The van der Waals surface area contributed by atoms with Crippen LogP contribution in [0.2, 0.25) is 0 Å². The van der Waals surface area contributed by atoms with Crippen LogP contribution in [-0.4, -0.2) is 22.6 Å². The first-order valence-electron chi connectivity index (χ1n) is 6.31. The molecule has 3 rings (SSSR count). The van der Waals surface area contributed by atoms with Gasteiger partial charge < -0.3 is 4.90 Å². The predicted octanol–water partition coefficient (Wildman–Crippen LogP) is 2.99. The van der Waals surface area contributed by atoms with Crippen molar-refractivity contribution in [3.05, 3.63) is 35.4 Å². The molecule has 0 aromatic heterocycles. The molecule has 0 radical (unpaired) electrons. The van der Waals surface area contributed by atoms with Crippen LogP contribution in [0.5, 0.6) is 0 Å². The summed E-state index contributed by atoms with van der Waals surface area (Å²) in [4.78, 5) is 14.0. The van der Waals surface area contributed by atoms with E-state index in [1.165, 1.54) is 24.0 Å². The Balaban J connectivity index is 1.84. The smallest absolute Gasteiger partial charge is 0.234 e. The van der Waals surface area contributed by atoms with Gasteiger partial charge in [0.15, 0.2) is 0 Å². The van der Waals surface area contributed by atoms with Gasteiger partial charge in [0.25, 0.3) is 0 Å². The molecule has 2 nitrogen and oxygen atoms in total. The molecule has 1 aromatic rings. The third-order valence-electron chi connectivity index (χ3n) is 3.52. The van der Waals surface area contributed by atoms with Gasteiger partial charge in [-0.15, -0.1) is 11.8 Å². The van der Waals surface area contributed by atoms with Crippen LogP contribution in [-0.2, 0) is 11.2 Å². The van der Waals surface area contributed by atoms with E-state index in [2.05, 4.69) is 36.1 Å². The Kier molecular flexibility index (Phi) is 2.87. The summed E-state index contributed by atoms with van der Waals surface area (Å²) in [5.41, 5.74) is 2.64. The van der Waals surface area contributed by atoms with Crippen molar-refractivity contribution in [2.75, 3.05) is 5.75 Å². The van der Waals surface area contributed by atoms with E-state index in [-0.39, 0.29) is 5.37 Å². The molecule has 1 heterocycles. The molecule has 3 heteroatoms. The molecule has 0 bridgehead atoms. The number of aryl methyl sites for hydroxylation is 1. The Morgan fingerprint density at radius 1 is 1.29 bits per heavy atom. The molecule has 2 aliphatic rings. The van der Waals surface area contributed by atoms with Gasteiger partial charge in [0.1, 0.15) is 5.37 Å². The molecule has 1 aliphatic carbocycles. The number of nitrogens with zero attached hydrogens (tertiary/aromatic N) is 1. The van der Waals surface area contributed by atoms with Crippen LogP contribution >= 0.6 is 11.8 Å². The second kappa shape index (κ2) is 4.37. The van der Waals surface area contributed by atoms with E-state index in [0.717, 1.165) is 6.42 Å². The molecule has 1 saturated carbocycles. The monoisotopic (exact) mass is 247 g/mol. The van der Waals surface area contributed by atoms with Gasteiger partial charge in [0.05, 0.1) is 5.75 Å². The Morgan fingerprint density at radius 3 is 2.59 bits per heavy atom. The maximum absolute atomic E-state index is 11.9. The summed E-state index contributed by atoms with van der Waals surface area (Å²) in [6.45, 7) is 2.17. The van der Waals surface area contributed by atoms with Crippen molar-refractivity contribution < 1.29 is 4.79 Å². The third-order valence-corrected chi connectivity index (χ3v) is 4.75.